The maximum atomic E-state index is 12.0. The van der Waals surface area contributed by atoms with Crippen LogP contribution < -0.4 is 14.8 Å². The van der Waals surface area contributed by atoms with Crippen LogP contribution in [0.5, 0.6) is 11.5 Å². The van der Waals surface area contributed by atoms with Gasteiger partial charge in [0.2, 0.25) is 6.79 Å². The molecule has 1 aromatic rings. The van der Waals surface area contributed by atoms with Gasteiger partial charge in [-0.05, 0) is 18.6 Å². The number of hydrogen-bond acceptors (Lipinski definition) is 4. The van der Waals surface area contributed by atoms with Crippen molar-refractivity contribution in [1.29, 1.82) is 0 Å². The highest BCUT2D eigenvalue weighted by Crippen LogP contribution is 2.39. The van der Waals surface area contributed by atoms with E-state index in [4.69, 9.17) is 25.8 Å². The summed E-state index contributed by atoms with van der Waals surface area (Å²) in [6.07, 6.45) is 0.988. The standard InChI is InChI=1S/C13H14ClNO4/c14-10-3-9(4-11-12(10)19-7-18-11)13(16)15-5-8-1-2-17-6-8/h3-4,8H,1-2,5-7H2,(H,15,16). The molecule has 2 aliphatic rings. The molecule has 1 aromatic carbocycles. The summed E-state index contributed by atoms with van der Waals surface area (Å²) in [5.41, 5.74) is 0.480. The molecule has 0 radical (unpaired) electrons. The number of ether oxygens (including phenoxy) is 3. The number of carbonyl (C=O) groups is 1. The van der Waals surface area contributed by atoms with Gasteiger partial charge in [0.05, 0.1) is 11.6 Å². The fourth-order valence-corrected chi connectivity index (χ4v) is 2.45. The lowest BCUT2D eigenvalue weighted by molar-refractivity contribution is 0.0944. The third-order valence-corrected chi connectivity index (χ3v) is 3.55. The largest absolute Gasteiger partial charge is 0.454 e. The van der Waals surface area contributed by atoms with Crippen molar-refractivity contribution in [2.45, 2.75) is 6.42 Å². The molecule has 5 nitrogen and oxygen atoms in total. The highest BCUT2D eigenvalue weighted by atomic mass is 35.5. The summed E-state index contributed by atoms with van der Waals surface area (Å²) < 4.78 is 15.7. The van der Waals surface area contributed by atoms with Crippen molar-refractivity contribution in [3.63, 3.8) is 0 Å². The number of nitrogens with one attached hydrogen (secondary N) is 1. The molecule has 1 saturated heterocycles. The van der Waals surface area contributed by atoms with Crippen molar-refractivity contribution >= 4 is 17.5 Å². The molecule has 1 unspecified atom stereocenters. The van der Waals surface area contributed by atoms with Crippen LogP contribution in [-0.2, 0) is 4.74 Å². The quantitative estimate of drug-likeness (QED) is 0.919. The fourth-order valence-electron chi connectivity index (χ4n) is 2.18. The number of hydrogen-bond donors (Lipinski definition) is 1. The monoisotopic (exact) mass is 283 g/mol. The van der Waals surface area contributed by atoms with Crippen LogP contribution in [0.15, 0.2) is 12.1 Å². The molecule has 1 N–H and O–H groups in total. The molecule has 1 atom stereocenters. The second-order valence-corrected chi connectivity index (χ2v) is 5.04. The Morgan fingerprint density at radius 3 is 3.11 bits per heavy atom. The first-order chi connectivity index (χ1) is 9.24. The first kappa shape index (κ1) is 12.6. The Balaban J connectivity index is 1.67. The van der Waals surface area contributed by atoms with Crippen LogP contribution in [0, 0.1) is 5.92 Å². The molecular formula is C13H14ClNO4. The Kier molecular flexibility index (Phi) is 3.48. The van der Waals surface area contributed by atoms with Gasteiger partial charge in [-0.1, -0.05) is 11.6 Å². The van der Waals surface area contributed by atoms with Crippen LogP contribution in [0.25, 0.3) is 0 Å². The maximum Gasteiger partial charge on any atom is 0.251 e. The number of halogens is 1. The fraction of sp³-hybridized carbons (Fsp3) is 0.462. The molecule has 19 heavy (non-hydrogen) atoms. The molecule has 0 bridgehead atoms. The minimum absolute atomic E-state index is 0.138. The Morgan fingerprint density at radius 1 is 1.42 bits per heavy atom. The van der Waals surface area contributed by atoms with Crippen LogP contribution in [0.1, 0.15) is 16.8 Å². The lowest BCUT2D eigenvalue weighted by Crippen LogP contribution is -2.29. The summed E-state index contributed by atoms with van der Waals surface area (Å²) in [4.78, 5) is 12.0. The van der Waals surface area contributed by atoms with E-state index in [-0.39, 0.29) is 12.7 Å². The minimum atomic E-state index is -0.160. The molecule has 6 heteroatoms. The van der Waals surface area contributed by atoms with Crippen LogP contribution in [-0.4, -0.2) is 32.5 Å². The topological polar surface area (TPSA) is 56.8 Å². The molecule has 102 valence electrons. The summed E-state index contributed by atoms with van der Waals surface area (Å²) in [7, 11) is 0. The second kappa shape index (κ2) is 5.27. The zero-order valence-electron chi connectivity index (χ0n) is 10.3. The molecule has 1 fully saturated rings. The van der Waals surface area contributed by atoms with E-state index in [0.717, 1.165) is 13.0 Å². The Bertz CT molecular complexity index is 500. The molecule has 2 aliphatic heterocycles. The van der Waals surface area contributed by atoms with Crippen LogP contribution in [0.4, 0.5) is 0 Å². The Hall–Kier alpha value is -1.46. The minimum Gasteiger partial charge on any atom is -0.454 e. The Morgan fingerprint density at radius 2 is 2.32 bits per heavy atom. The van der Waals surface area contributed by atoms with Crippen molar-refractivity contribution in [2.24, 2.45) is 5.92 Å². The lowest BCUT2D eigenvalue weighted by atomic mass is 10.1. The van der Waals surface area contributed by atoms with Gasteiger partial charge in [0.15, 0.2) is 11.5 Å². The van der Waals surface area contributed by atoms with Gasteiger partial charge in [-0.3, -0.25) is 4.79 Å². The smallest absolute Gasteiger partial charge is 0.251 e. The van der Waals surface area contributed by atoms with E-state index in [1.807, 2.05) is 0 Å². The molecule has 3 rings (SSSR count). The van der Waals surface area contributed by atoms with Crippen LogP contribution in [0.3, 0.4) is 0 Å². The summed E-state index contributed by atoms with van der Waals surface area (Å²) in [5, 5.41) is 3.28. The van der Waals surface area contributed by atoms with Crippen molar-refractivity contribution in [1.82, 2.24) is 5.32 Å². The average Bonchev–Trinajstić information content (AvgIpc) is 3.06. The highest BCUT2D eigenvalue weighted by Gasteiger charge is 2.21. The summed E-state index contributed by atoms with van der Waals surface area (Å²) in [6, 6.07) is 3.24. The number of amides is 1. The van der Waals surface area contributed by atoms with Gasteiger partial charge >= 0.3 is 0 Å². The lowest BCUT2D eigenvalue weighted by Gasteiger charge is -2.10. The van der Waals surface area contributed by atoms with E-state index >= 15 is 0 Å². The number of fused-ring (bicyclic) bond motifs is 1. The third-order valence-electron chi connectivity index (χ3n) is 3.26. The van der Waals surface area contributed by atoms with E-state index in [0.29, 0.717) is 41.2 Å². The predicted molar refractivity (Wildman–Crippen MR) is 68.8 cm³/mol. The van der Waals surface area contributed by atoms with Gasteiger partial charge in [-0.2, -0.15) is 0 Å². The van der Waals surface area contributed by atoms with Crippen molar-refractivity contribution in [3.8, 4) is 11.5 Å². The molecule has 0 saturated carbocycles. The molecule has 0 aromatic heterocycles. The van der Waals surface area contributed by atoms with Gasteiger partial charge in [0, 0.05) is 24.6 Å². The van der Waals surface area contributed by atoms with Crippen molar-refractivity contribution < 1.29 is 19.0 Å². The highest BCUT2D eigenvalue weighted by molar-refractivity contribution is 6.32. The average molecular weight is 284 g/mol. The first-order valence-corrected chi connectivity index (χ1v) is 6.57. The van der Waals surface area contributed by atoms with E-state index in [9.17, 15) is 4.79 Å². The number of rotatable bonds is 3. The molecule has 2 heterocycles. The first-order valence-electron chi connectivity index (χ1n) is 6.19. The van der Waals surface area contributed by atoms with Gasteiger partial charge < -0.3 is 19.5 Å². The zero-order chi connectivity index (χ0) is 13.2. The van der Waals surface area contributed by atoms with E-state index in [1.165, 1.54) is 0 Å². The molecule has 0 spiro atoms. The van der Waals surface area contributed by atoms with E-state index < -0.39 is 0 Å². The normalized spacial score (nSPS) is 20.6. The predicted octanol–water partition coefficient (Wildman–Crippen LogP) is 1.83. The van der Waals surface area contributed by atoms with Crippen LogP contribution in [0.2, 0.25) is 5.02 Å². The maximum absolute atomic E-state index is 12.0. The summed E-state index contributed by atoms with van der Waals surface area (Å²) in [5.74, 6) is 1.25. The van der Waals surface area contributed by atoms with E-state index in [1.54, 1.807) is 12.1 Å². The van der Waals surface area contributed by atoms with Crippen molar-refractivity contribution in [2.75, 3.05) is 26.6 Å². The SMILES string of the molecule is O=C(NCC1CCOC1)c1cc(Cl)c2c(c1)OCO2. The molecule has 0 aliphatic carbocycles. The molecular weight excluding hydrogens is 270 g/mol. The number of benzene rings is 1. The van der Waals surface area contributed by atoms with Gasteiger partial charge in [0.1, 0.15) is 0 Å². The van der Waals surface area contributed by atoms with Crippen molar-refractivity contribution in [3.05, 3.63) is 22.7 Å². The number of carbonyl (C=O) groups excluding carboxylic acids is 1. The van der Waals surface area contributed by atoms with Gasteiger partial charge in [0.25, 0.3) is 5.91 Å². The molecule has 1 amide bonds. The summed E-state index contributed by atoms with van der Waals surface area (Å²) >= 11 is 6.04. The second-order valence-electron chi connectivity index (χ2n) is 4.63. The van der Waals surface area contributed by atoms with Gasteiger partial charge in [-0.25, -0.2) is 0 Å². The van der Waals surface area contributed by atoms with Crippen LogP contribution >= 0.6 is 11.6 Å². The third kappa shape index (κ3) is 2.62. The van der Waals surface area contributed by atoms with E-state index in [2.05, 4.69) is 5.32 Å². The zero-order valence-corrected chi connectivity index (χ0v) is 11.0. The van der Waals surface area contributed by atoms with Gasteiger partial charge in [-0.15, -0.1) is 0 Å². The summed E-state index contributed by atoms with van der Waals surface area (Å²) in [6.45, 7) is 2.24. The Labute approximate surface area is 115 Å².